The molecule has 0 aromatic heterocycles. The normalized spacial score (nSPS) is 21.2. The van der Waals surface area contributed by atoms with Crippen molar-refractivity contribution in [1.29, 1.82) is 0 Å². The molecule has 0 unspecified atom stereocenters. The Kier molecular flexibility index (Phi) is 2.94. The highest BCUT2D eigenvalue weighted by Crippen LogP contribution is 2.28. The third-order valence-corrected chi connectivity index (χ3v) is 3.20. The van der Waals surface area contributed by atoms with E-state index in [2.05, 4.69) is 27.9 Å². The first-order chi connectivity index (χ1) is 6.97. The molecule has 82 valence electrons. The lowest BCUT2D eigenvalue weighted by molar-refractivity contribution is -0.157. The number of hydrogen-bond acceptors (Lipinski definition) is 1. The number of benzene rings is 1. The van der Waals surface area contributed by atoms with Crippen LogP contribution in [0.2, 0.25) is 0 Å². The van der Waals surface area contributed by atoms with Gasteiger partial charge in [-0.25, -0.2) is 0 Å². The second kappa shape index (κ2) is 3.93. The SMILES string of the molecule is FC(F)(F)[C@H]1Cc2ccc(I)cc2CN1. The fourth-order valence-electron chi connectivity index (χ4n) is 1.71. The van der Waals surface area contributed by atoms with Crippen LogP contribution in [0.3, 0.4) is 0 Å². The van der Waals surface area contributed by atoms with Gasteiger partial charge in [0.05, 0.1) is 0 Å². The molecule has 0 fully saturated rings. The first kappa shape index (κ1) is 11.2. The van der Waals surface area contributed by atoms with Gasteiger partial charge in [0.25, 0.3) is 0 Å². The summed E-state index contributed by atoms with van der Waals surface area (Å²) in [6, 6.07) is 4.16. The lowest BCUT2D eigenvalue weighted by atomic mass is 9.96. The van der Waals surface area contributed by atoms with Crippen molar-refractivity contribution in [3.05, 3.63) is 32.9 Å². The van der Waals surface area contributed by atoms with Gasteiger partial charge in [-0.2, -0.15) is 13.2 Å². The maximum Gasteiger partial charge on any atom is 0.404 e. The number of fused-ring (bicyclic) bond motifs is 1. The minimum atomic E-state index is -4.15. The van der Waals surface area contributed by atoms with Crippen molar-refractivity contribution in [2.24, 2.45) is 0 Å². The predicted octanol–water partition coefficient (Wildman–Crippen LogP) is 2.87. The minimum Gasteiger partial charge on any atom is -0.302 e. The second-order valence-corrected chi connectivity index (χ2v) is 4.84. The van der Waals surface area contributed by atoms with Gasteiger partial charge in [-0.3, -0.25) is 0 Å². The Labute approximate surface area is 99.2 Å². The fourth-order valence-corrected chi connectivity index (χ4v) is 2.27. The van der Waals surface area contributed by atoms with Gasteiger partial charge in [-0.1, -0.05) is 6.07 Å². The molecule has 5 heteroatoms. The van der Waals surface area contributed by atoms with Crippen LogP contribution in [0.1, 0.15) is 11.1 Å². The standard InChI is InChI=1S/C10H9F3IN/c11-10(12,13)9-4-6-1-2-8(14)3-7(6)5-15-9/h1-3,9,15H,4-5H2/t9-/m1/s1. The molecule has 0 aliphatic carbocycles. The van der Waals surface area contributed by atoms with Crippen molar-refractivity contribution in [3.63, 3.8) is 0 Å². The van der Waals surface area contributed by atoms with Crippen LogP contribution in [0.4, 0.5) is 13.2 Å². The molecule has 0 saturated heterocycles. The average Bonchev–Trinajstić information content (AvgIpc) is 2.15. The summed E-state index contributed by atoms with van der Waals surface area (Å²) in [5, 5.41) is 2.51. The molecule has 1 heterocycles. The predicted molar refractivity (Wildman–Crippen MR) is 59.5 cm³/mol. The molecule has 1 nitrogen and oxygen atoms in total. The van der Waals surface area contributed by atoms with Gasteiger partial charge < -0.3 is 5.32 Å². The highest BCUT2D eigenvalue weighted by molar-refractivity contribution is 14.1. The Morgan fingerprint density at radius 1 is 1.27 bits per heavy atom. The second-order valence-electron chi connectivity index (χ2n) is 3.59. The zero-order valence-corrected chi connectivity index (χ0v) is 9.89. The maximum atomic E-state index is 12.5. The number of nitrogens with one attached hydrogen (secondary N) is 1. The van der Waals surface area contributed by atoms with Crippen molar-refractivity contribution in [2.75, 3.05) is 0 Å². The van der Waals surface area contributed by atoms with E-state index in [1.807, 2.05) is 12.1 Å². The number of halogens is 4. The Morgan fingerprint density at radius 2 is 2.00 bits per heavy atom. The summed E-state index contributed by atoms with van der Waals surface area (Å²) in [4.78, 5) is 0. The molecule has 0 radical (unpaired) electrons. The first-order valence-corrected chi connectivity index (χ1v) is 5.62. The van der Waals surface area contributed by atoms with Gasteiger partial charge >= 0.3 is 6.18 Å². The van der Waals surface area contributed by atoms with Gasteiger partial charge in [0, 0.05) is 10.1 Å². The van der Waals surface area contributed by atoms with Crippen LogP contribution in [-0.4, -0.2) is 12.2 Å². The molecule has 1 aliphatic rings. The zero-order chi connectivity index (χ0) is 11.1. The summed E-state index contributed by atoms with van der Waals surface area (Å²) in [5.41, 5.74) is 1.78. The fraction of sp³-hybridized carbons (Fsp3) is 0.400. The van der Waals surface area contributed by atoms with Gasteiger partial charge in [-0.15, -0.1) is 0 Å². The molecule has 1 N–H and O–H groups in total. The number of hydrogen-bond donors (Lipinski definition) is 1. The molecular weight excluding hydrogens is 318 g/mol. The molecule has 1 atom stereocenters. The van der Waals surface area contributed by atoms with E-state index < -0.39 is 12.2 Å². The smallest absolute Gasteiger partial charge is 0.302 e. The molecular formula is C10H9F3IN. The third kappa shape index (κ3) is 2.44. The monoisotopic (exact) mass is 327 g/mol. The highest BCUT2D eigenvalue weighted by Gasteiger charge is 2.41. The first-order valence-electron chi connectivity index (χ1n) is 4.54. The molecule has 1 aromatic carbocycles. The van der Waals surface area contributed by atoms with Crippen LogP contribution < -0.4 is 5.32 Å². The molecule has 0 bridgehead atoms. The molecule has 0 amide bonds. The van der Waals surface area contributed by atoms with Crippen molar-refractivity contribution in [1.82, 2.24) is 5.32 Å². The van der Waals surface area contributed by atoms with E-state index in [0.29, 0.717) is 6.54 Å². The Balaban J connectivity index is 2.24. The van der Waals surface area contributed by atoms with Gasteiger partial charge in [-0.05, 0) is 52.3 Å². The van der Waals surface area contributed by atoms with Crippen LogP contribution in [-0.2, 0) is 13.0 Å². The largest absolute Gasteiger partial charge is 0.404 e. The van der Waals surface area contributed by atoms with E-state index in [0.717, 1.165) is 14.7 Å². The summed E-state index contributed by atoms with van der Waals surface area (Å²) < 4.78 is 38.4. The Bertz CT molecular complexity index is 375. The average molecular weight is 327 g/mol. The van der Waals surface area contributed by atoms with Crippen molar-refractivity contribution >= 4 is 22.6 Å². The number of rotatable bonds is 0. The van der Waals surface area contributed by atoms with Crippen molar-refractivity contribution < 1.29 is 13.2 Å². The lowest BCUT2D eigenvalue weighted by Gasteiger charge is -2.27. The number of alkyl halides is 3. The molecule has 1 aliphatic heterocycles. The third-order valence-electron chi connectivity index (χ3n) is 2.53. The summed E-state index contributed by atoms with van der Waals surface area (Å²) >= 11 is 2.16. The summed E-state index contributed by atoms with van der Waals surface area (Å²) in [7, 11) is 0. The van der Waals surface area contributed by atoms with Crippen LogP contribution in [0.5, 0.6) is 0 Å². The van der Waals surface area contributed by atoms with Gasteiger partial charge in [0.15, 0.2) is 0 Å². The Morgan fingerprint density at radius 3 is 2.67 bits per heavy atom. The summed E-state index contributed by atoms with van der Waals surface area (Å²) in [6.07, 6.45) is -4.11. The molecule has 0 saturated carbocycles. The summed E-state index contributed by atoms with van der Waals surface area (Å²) in [6.45, 7) is 0.302. The minimum absolute atomic E-state index is 0.0375. The van der Waals surface area contributed by atoms with Crippen LogP contribution in [0.25, 0.3) is 0 Å². The van der Waals surface area contributed by atoms with Crippen LogP contribution in [0, 0.1) is 3.57 Å². The van der Waals surface area contributed by atoms with Gasteiger partial charge in [0.1, 0.15) is 6.04 Å². The van der Waals surface area contributed by atoms with Crippen LogP contribution in [0.15, 0.2) is 18.2 Å². The topological polar surface area (TPSA) is 12.0 Å². The lowest BCUT2D eigenvalue weighted by Crippen LogP contribution is -2.46. The van der Waals surface area contributed by atoms with E-state index in [4.69, 9.17) is 0 Å². The van der Waals surface area contributed by atoms with Crippen LogP contribution >= 0.6 is 22.6 Å². The maximum absolute atomic E-state index is 12.5. The van der Waals surface area contributed by atoms with Crippen molar-refractivity contribution in [2.45, 2.75) is 25.2 Å². The molecule has 2 rings (SSSR count). The van der Waals surface area contributed by atoms with Gasteiger partial charge in [0.2, 0.25) is 0 Å². The highest BCUT2D eigenvalue weighted by atomic mass is 127. The Hall–Kier alpha value is -0.300. The molecule has 1 aromatic rings. The van der Waals surface area contributed by atoms with E-state index in [1.54, 1.807) is 6.07 Å². The zero-order valence-electron chi connectivity index (χ0n) is 7.74. The molecule has 15 heavy (non-hydrogen) atoms. The summed E-state index contributed by atoms with van der Waals surface area (Å²) in [5.74, 6) is 0. The van der Waals surface area contributed by atoms with E-state index in [-0.39, 0.29) is 6.42 Å². The quantitative estimate of drug-likeness (QED) is 0.723. The molecule has 0 spiro atoms. The van der Waals surface area contributed by atoms with E-state index in [1.165, 1.54) is 0 Å². The van der Waals surface area contributed by atoms with E-state index >= 15 is 0 Å². The van der Waals surface area contributed by atoms with Crippen molar-refractivity contribution in [3.8, 4) is 0 Å². The van der Waals surface area contributed by atoms with E-state index in [9.17, 15) is 13.2 Å².